The predicted octanol–water partition coefficient (Wildman–Crippen LogP) is 3.73. The quantitative estimate of drug-likeness (QED) is 0.724. The number of carbonyl (C=O) groups is 1. The Balaban J connectivity index is 1.89. The summed E-state index contributed by atoms with van der Waals surface area (Å²) in [6, 6.07) is 0. The number of fused-ring (bicyclic) bond motifs is 1. The standard InChI is InChI=1S/C19H29NO2/c1-14(2)12-18(21)20(5)11-9-15-6-7-17-16(13-15)8-10-19(3,4)22-17/h6-8,10,13-14,16-17H,9,11-12H2,1-5H3. The van der Waals surface area contributed by atoms with Crippen molar-refractivity contribution >= 4 is 5.91 Å². The molecule has 2 rings (SSSR count). The predicted molar refractivity (Wildman–Crippen MR) is 90.5 cm³/mol. The fourth-order valence-electron chi connectivity index (χ4n) is 2.85. The Morgan fingerprint density at radius 3 is 2.77 bits per heavy atom. The SMILES string of the molecule is CC(C)CC(=O)N(C)CCC1=CC2C=CC(C)(C)OC2C=C1. The van der Waals surface area contributed by atoms with Crippen LogP contribution in [0.25, 0.3) is 0 Å². The molecule has 0 saturated heterocycles. The van der Waals surface area contributed by atoms with E-state index in [1.54, 1.807) is 0 Å². The van der Waals surface area contributed by atoms with E-state index in [0.29, 0.717) is 18.3 Å². The lowest BCUT2D eigenvalue weighted by atomic mass is 9.87. The molecule has 2 atom stereocenters. The molecule has 0 N–H and O–H groups in total. The van der Waals surface area contributed by atoms with Crippen molar-refractivity contribution < 1.29 is 9.53 Å². The van der Waals surface area contributed by atoms with Crippen LogP contribution in [-0.4, -0.2) is 36.1 Å². The van der Waals surface area contributed by atoms with Crippen LogP contribution in [0.4, 0.5) is 0 Å². The summed E-state index contributed by atoms with van der Waals surface area (Å²) in [7, 11) is 1.90. The molecule has 3 heteroatoms. The Bertz CT molecular complexity index is 500. The minimum Gasteiger partial charge on any atom is -0.363 e. The van der Waals surface area contributed by atoms with Gasteiger partial charge in [-0.3, -0.25) is 4.79 Å². The van der Waals surface area contributed by atoms with Crippen molar-refractivity contribution in [3.05, 3.63) is 36.0 Å². The molecule has 1 aliphatic heterocycles. The van der Waals surface area contributed by atoms with Crippen LogP contribution in [0.15, 0.2) is 36.0 Å². The minimum absolute atomic E-state index is 0.143. The Labute approximate surface area is 134 Å². The fourth-order valence-corrected chi connectivity index (χ4v) is 2.85. The highest BCUT2D eigenvalue weighted by Gasteiger charge is 2.30. The maximum Gasteiger partial charge on any atom is 0.222 e. The van der Waals surface area contributed by atoms with Gasteiger partial charge in [-0.25, -0.2) is 0 Å². The van der Waals surface area contributed by atoms with Gasteiger partial charge in [0.2, 0.25) is 5.91 Å². The van der Waals surface area contributed by atoms with Crippen molar-refractivity contribution in [1.82, 2.24) is 4.90 Å². The van der Waals surface area contributed by atoms with Crippen LogP contribution in [0.2, 0.25) is 0 Å². The Morgan fingerprint density at radius 2 is 2.09 bits per heavy atom. The molecule has 0 spiro atoms. The zero-order chi connectivity index (χ0) is 16.3. The van der Waals surface area contributed by atoms with Crippen LogP contribution in [-0.2, 0) is 9.53 Å². The molecule has 2 unspecified atom stereocenters. The number of allylic oxidation sites excluding steroid dienone is 1. The smallest absolute Gasteiger partial charge is 0.222 e. The number of rotatable bonds is 5. The first-order valence-corrected chi connectivity index (χ1v) is 8.27. The van der Waals surface area contributed by atoms with Gasteiger partial charge in [0, 0.05) is 25.9 Å². The fraction of sp³-hybridized carbons (Fsp3) is 0.632. The van der Waals surface area contributed by atoms with Crippen LogP contribution in [0, 0.1) is 11.8 Å². The van der Waals surface area contributed by atoms with Crippen LogP contribution >= 0.6 is 0 Å². The van der Waals surface area contributed by atoms with E-state index in [9.17, 15) is 4.79 Å². The Morgan fingerprint density at radius 1 is 1.36 bits per heavy atom. The van der Waals surface area contributed by atoms with Crippen LogP contribution in [0.5, 0.6) is 0 Å². The summed E-state index contributed by atoms with van der Waals surface area (Å²) < 4.78 is 6.05. The van der Waals surface area contributed by atoms with Crippen molar-refractivity contribution in [1.29, 1.82) is 0 Å². The molecule has 0 aromatic rings. The third-order valence-corrected chi connectivity index (χ3v) is 4.19. The zero-order valence-electron chi connectivity index (χ0n) is 14.5. The van der Waals surface area contributed by atoms with E-state index in [0.717, 1.165) is 13.0 Å². The first-order chi connectivity index (χ1) is 10.3. The van der Waals surface area contributed by atoms with Gasteiger partial charge >= 0.3 is 0 Å². The van der Waals surface area contributed by atoms with E-state index in [4.69, 9.17) is 4.74 Å². The van der Waals surface area contributed by atoms with E-state index in [1.807, 2.05) is 11.9 Å². The summed E-state index contributed by atoms with van der Waals surface area (Å²) in [5, 5.41) is 0. The van der Waals surface area contributed by atoms with Crippen molar-refractivity contribution in [3.63, 3.8) is 0 Å². The van der Waals surface area contributed by atoms with Crippen LogP contribution in [0.1, 0.15) is 40.5 Å². The highest BCUT2D eigenvalue weighted by Crippen LogP contribution is 2.31. The summed E-state index contributed by atoms with van der Waals surface area (Å²) in [6.07, 6.45) is 12.6. The molecule has 122 valence electrons. The maximum atomic E-state index is 12.0. The summed E-state index contributed by atoms with van der Waals surface area (Å²) in [4.78, 5) is 13.8. The van der Waals surface area contributed by atoms with Gasteiger partial charge in [0.25, 0.3) is 0 Å². The van der Waals surface area contributed by atoms with Crippen molar-refractivity contribution in [3.8, 4) is 0 Å². The topological polar surface area (TPSA) is 29.5 Å². The van der Waals surface area contributed by atoms with Crippen molar-refractivity contribution in [2.24, 2.45) is 11.8 Å². The molecule has 2 aliphatic rings. The lowest BCUT2D eigenvalue weighted by Crippen LogP contribution is -2.36. The molecule has 0 fully saturated rings. The monoisotopic (exact) mass is 303 g/mol. The average Bonchev–Trinajstić information content (AvgIpc) is 2.43. The normalized spacial score (nSPS) is 25.8. The number of hydrogen-bond donors (Lipinski definition) is 0. The molecule has 0 aromatic carbocycles. The Hall–Kier alpha value is -1.35. The largest absolute Gasteiger partial charge is 0.363 e. The number of amides is 1. The van der Waals surface area contributed by atoms with Gasteiger partial charge < -0.3 is 9.64 Å². The molecule has 1 amide bonds. The molecule has 0 bridgehead atoms. The highest BCUT2D eigenvalue weighted by atomic mass is 16.5. The second-order valence-corrected chi connectivity index (χ2v) is 7.39. The minimum atomic E-state index is -0.180. The van der Waals surface area contributed by atoms with E-state index in [1.165, 1.54) is 5.57 Å². The second kappa shape index (κ2) is 6.82. The molecule has 0 aromatic heterocycles. The number of nitrogens with zero attached hydrogens (tertiary/aromatic N) is 1. The molecular formula is C19H29NO2. The molecule has 1 heterocycles. The molecule has 3 nitrogen and oxygen atoms in total. The number of hydrogen-bond acceptors (Lipinski definition) is 2. The van der Waals surface area contributed by atoms with Gasteiger partial charge in [-0.2, -0.15) is 0 Å². The van der Waals surface area contributed by atoms with Gasteiger partial charge in [0.1, 0.15) is 0 Å². The number of ether oxygens (including phenoxy) is 1. The van der Waals surface area contributed by atoms with Gasteiger partial charge in [0.15, 0.2) is 0 Å². The third-order valence-electron chi connectivity index (χ3n) is 4.19. The second-order valence-electron chi connectivity index (χ2n) is 7.39. The van der Waals surface area contributed by atoms with Crippen molar-refractivity contribution in [2.75, 3.05) is 13.6 Å². The van der Waals surface area contributed by atoms with E-state index >= 15 is 0 Å². The molecular weight excluding hydrogens is 274 g/mol. The maximum absolute atomic E-state index is 12.0. The van der Waals surface area contributed by atoms with Gasteiger partial charge in [-0.1, -0.05) is 44.2 Å². The average molecular weight is 303 g/mol. The number of carbonyl (C=O) groups excluding carboxylic acids is 1. The first-order valence-electron chi connectivity index (χ1n) is 8.27. The third kappa shape index (κ3) is 4.57. The molecule has 0 saturated carbocycles. The van der Waals surface area contributed by atoms with Crippen molar-refractivity contribution in [2.45, 2.75) is 52.2 Å². The highest BCUT2D eigenvalue weighted by molar-refractivity contribution is 5.76. The van der Waals surface area contributed by atoms with Gasteiger partial charge in [0.05, 0.1) is 11.7 Å². The van der Waals surface area contributed by atoms with E-state index in [2.05, 4.69) is 58.1 Å². The summed E-state index contributed by atoms with van der Waals surface area (Å²) >= 11 is 0. The van der Waals surface area contributed by atoms with E-state index in [-0.39, 0.29) is 17.6 Å². The Kier molecular flexibility index (Phi) is 5.28. The molecule has 0 radical (unpaired) electrons. The van der Waals surface area contributed by atoms with Crippen LogP contribution in [0.3, 0.4) is 0 Å². The zero-order valence-corrected chi connectivity index (χ0v) is 14.5. The van der Waals surface area contributed by atoms with Gasteiger partial charge in [-0.15, -0.1) is 0 Å². The van der Waals surface area contributed by atoms with Gasteiger partial charge in [-0.05, 0) is 31.8 Å². The lowest BCUT2D eigenvalue weighted by molar-refractivity contribution is -0.130. The lowest BCUT2D eigenvalue weighted by Gasteiger charge is -2.36. The van der Waals surface area contributed by atoms with Crippen LogP contribution < -0.4 is 0 Å². The summed E-state index contributed by atoms with van der Waals surface area (Å²) in [5.74, 6) is 0.970. The summed E-state index contributed by atoms with van der Waals surface area (Å²) in [6.45, 7) is 9.10. The molecule has 1 aliphatic carbocycles. The first kappa shape index (κ1) is 17.0. The van der Waals surface area contributed by atoms with E-state index < -0.39 is 0 Å². The molecule has 22 heavy (non-hydrogen) atoms. The summed E-state index contributed by atoms with van der Waals surface area (Å²) in [5.41, 5.74) is 1.11.